The van der Waals surface area contributed by atoms with E-state index in [1.807, 2.05) is 13.8 Å². The Morgan fingerprint density at radius 2 is 2.03 bits per heavy atom. The van der Waals surface area contributed by atoms with Crippen LogP contribution >= 0.6 is 0 Å². The van der Waals surface area contributed by atoms with Gasteiger partial charge in [0.05, 0.1) is 18.0 Å². The van der Waals surface area contributed by atoms with Crippen LogP contribution in [0.3, 0.4) is 0 Å². The highest BCUT2D eigenvalue weighted by atomic mass is 16.6. The van der Waals surface area contributed by atoms with Crippen molar-refractivity contribution < 1.29 is 18.7 Å². The first-order chi connectivity index (χ1) is 15.2. The van der Waals surface area contributed by atoms with Crippen molar-refractivity contribution >= 4 is 11.8 Å². The molecule has 3 aromatic rings. The number of pyridine rings is 1. The monoisotopic (exact) mass is 440 g/mol. The van der Waals surface area contributed by atoms with Crippen LogP contribution in [-0.2, 0) is 11.2 Å². The molecule has 32 heavy (non-hydrogen) atoms. The Balaban J connectivity index is 1.78. The number of hydrogen-bond donors (Lipinski definition) is 2. The molecule has 0 fully saturated rings. The van der Waals surface area contributed by atoms with Gasteiger partial charge in [-0.25, -0.2) is 9.78 Å². The summed E-state index contributed by atoms with van der Waals surface area (Å²) in [5.74, 6) is 0.924. The molecule has 2 N–H and O–H groups in total. The maximum absolute atomic E-state index is 12.4. The topological polar surface area (TPSA) is 128 Å². The second kappa shape index (κ2) is 8.60. The summed E-state index contributed by atoms with van der Waals surface area (Å²) in [7, 11) is 0. The number of nitrogens with zero attached hydrogens (tertiary/aromatic N) is 4. The molecule has 1 atom stereocenters. The average molecular weight is 441 g/mol. The Morgan fingerprint density at radius 1 is 1.25 bits per heavy atom. The van der Waals surface area contributed by atoms with Crippen LogP contribution in [0.1, 0.15) is 58.1 Å². The molecule has 1 aliphatic rings. The summed E-state index contributed by atoms with van der Waals surface area (Å²) in [4.78, 5) is 17.1. The van der Waals surface area contributed by atoms with Gasteiger partial charge in [-0.2, -0.15) is 5.10 Å². The third-order valence-corrected chi connectivity index (χ3v) is 4.98. The molecule has 10 heteroatoms. The maximum atomic E-state index is 12.4. The Hall–Kier alpha value is -3.43. The molecule has 0 spiro atoms. The number of carbonyl (C=O) groups excluding carboxylic acids is 1. The number of H-pyrrole nitrogens is 1. The molecule has 1 aliphatic heterocycles. The van der Waals surface area contributed by atoms with Crippen LogP contribution in [0.2, 0.25) is 0 Å². The highest BCUT2D eigenvalue weighted by Crippen LogP contribution is 2.33. The van der Waals surface area contributed by atoms with Crippen molar-refractivity contribution in [1.82, 2.24) is 25.4 Å². The van der Waals surface area contributed by atoms with E-state index < -0.39 is 11.7 Å². The predicted molar refractivity (Wildman–Crippen MR) is 117 cm³/mol. The quantitative estimate of drug-likeness (QED) is 0.559. The van der Waals surface area contributed by atoms with Gasteiger partial charge < -0.3 is 13.9 Å². The molecule has 0 aromatic carbocycles. The average Bonchev–Trinajstić information content (AvgIpc) is 3.34. The van der Waals surface area contributed by atoms with E-state index in [2.05, 4.69) is 30.7 Å². The van der Waals surface area contributed by atoms with Gasteiger partial charge in [0.15, 0.2) is 5.69 Å². The molecule has 170 valence electrons. The largest absolute Gasteiger partial charge is 0.474 e. The third-order valence-electron chi connectivity index (χ3n) is 4.98. The zero-order valence-corrected chi connectivity index (χ0v) is 19.0. The Morgan fingerprint density at radius 3 is 2.81 bits per heavy atom. The van der Waals surface area contributed by atoms with Crippen LogP contribution in [0.15, 0.2) is 16.7 Å². The smallest absolute Gasteiger partial charge is 0.412 e. The lowest BCUT2D eigenvalue weighted by Crippen LogP contribution is -2.27. The van der Waals surface area contributed by atoms with Gasteiger partial charge in [-0.1, -0.05) is 0 Å². The van der Waals surface area contributed by atoms with Crippen molar-refractivity contribution in [2.75, 3.05) is 5.32 Å². The lowest BCUT2D eigenvalue weighted by atomic mass is 10.1. The minimum absolute atomic E-state index is 0.0243. The number of ether oxygens (including phenoxy) is 2. The minimum atomic E-state index is -0.645. The van der Waals surface area contributed by atoms with Gasteiger partial charge in [-0.05, 0) is 66.4 Å². The van der Waals surface area contributed by atoms with Gasteiger partial charge in [0.25, 0.3) is 11.8 Å². The van der Waals surface area contributed by atoms with Crippen LogP contribution in [-0.4, -0.2) is 43.2 Å². The van der Waals surface area contributed by atoms with E-state index in [0.29, 0.717) is 28.8 Å². The number of amides is 1. The van der Waals surface area contributed by atoms with Crippen molar-refractivity contribution in [1.29, 1.82) is 0 Å². The molecule has 0 aliphatic carbocycles. The number of aromatic nitrogens is 5. The Kier molecular flexibility index (Phi) is 5.86. The number of hydrogen-bond acceptors (Lipinski definition) is 8. The van der Waals surface area contributed by atoms with Gasteiger partial charge in [0, 0.05) is 11.1 Å². The first-order valence-corrected chi connectivity index (χ1v) is 10.7. The van der Waals surface area contributed by atoms with E-state index in [4.69, 9.17) is 13.9 Å². The van der Waals surface area contributed by atoms with E-state index in [1.54, 1.807) is 33.0 Å². The molecule has 3 aromatic heterocycles. The first kappa shape index (κ1) is 21.8. The summed E-state index contributed by atoms with van der Waals surface area (Å²) in [5, 5.41) is 18.2. The molecule has 10 nitrogen and oxygen atoms in total. The van der Waals surface area contributed by atoms with Crippen molar-refractivity contribution in [3.8, 4) is 29.0 Å². The zero-order chi connectivity index (χ0) is 22.9. The van der Waals surface area contributed by atoms with Crippen molar-refractivity contribution in [2.45, 2.75) is 72.0 Å². The van der Waals surface area contributed by atoms with E-state index in [1.165, 1.54) is 0 Å². The predicted octanol–water partition coefficient (Wildman–Crippen LogP) is 4.67. The standard InChI is InChI=1S/C22H28N6O4/c1-12-10-15(24-21(29)32-22(3,4)5)17-20-28-27-19(31-20)16-14(11-23-26-16)9-7-6-8-13(2)30-18(12)25-17/h10-11,13H,6-9H2,1-5H3,(H,23,26)(H,24,29)/t13-/m1/s1. The fourth-order valence-electron chi connectivity index (χ4n) is 3.49. The Labute approximate surface area is 186 Å². The van der Waals surface area contributed by atoms with E-state index in [9.17, 15) is 4.79 Å². The lowest BCUT2D eigenvalue weighted by molar-refractivity contribution is 0.0636. The molecule has 1 amide bonds. The molecule has 4 rings (SSSR count). The SMILES string of the molecule is Cc1cc(NC(=O)OC(C)(C)C)c2nc1O[C@H](C)CCCCc1cn[nH]c1-c1nnc-2o1. The molecular weight excluding hydrogens is 412 g/mol. The van der Waals surface area contributed by atoms with Gasteiger partial charge in [-0.3, -0.25) is 10.4 Å². The summed E-state index contributed by atoms with van der Waals surface area (Å²) < 4.78 is 17.4. The summed E-state index contributed by atoms with van der Waals surface area (Å²) in [5.41, 5.74) is 2.53. The van der Waals surface area contributed by atoms with E-state index in [0.717, 1.165) is 36.8 Å². The molecular formula is C22H28N6O4. The number of fused-ring (bicyclic) bond motifs is 7. The molecule has 4 bridgehead atoms. The summed E-state index contributed by atoms with van der Waals surface area (Å²) in [6.07, 6.45) is 4.85. The molecule has 0 saturated heterocycles. The molecule has 4 heterocycles. The van der Waals surface area contributed by atoms with Crippen LogP contribution < -0.4 is 10.1 Å². The Bertz CT molecular complexity index is 1110. The van der Waals surface area contributed by atoms with Crippen molar-refractivity contribution in [3.63, 3.8) is 0 Å². The van der Waals surface area contributed by atoms with Crippen LogP contribution in [0, 0.1) is 6.92 Å². The fourth-order valence-corrected chi connectivity index (χ4v) is 3.49. The molecule has 0 radical (unpaired) electrons. The summed E-state index contributed by atoms with van der Waals surface area (Å²) >= 11 is 0. The number of anilines is 1. The van der Waals surface area contributed by atoms with Crippen LogP contribution in [0.25, 0.3) is 23.2 Å². The minimum Gasteiger partial charge on any atom is -0.474 e. The van der Waals surface area contributed by atoms with E-state index in [-0.39, 0.29) is 12.0 Å². The van der Waals surface area contributed by atoms with Crippen LogP contribution in [0.5, 0.6) is 5.88 Å². The number of rotatable bonds is 1. The number of aryl methyl sites for hydroxylation is 2. The summed E-state index contributed by atoms with van der Waals surface area (Å²) in [6, 6.07) is 1.77. The third kappa shape index (κ3) is 4.90. The van der Waals surface area contributed by atoms with Gasteiger partial charge in [0.2, 0.25) is 5.88 Å². The van der Waals surface area contributed by atoms with Gasteiger partial charge >= 0.3 is 6.09 Å². The van der Waals surface area contributed by atoms with Gasteiger partial charge in [-0.15, -0.1) is 10.2 Å². The zero-order valence-electron chi connectivity index (χ0n) is 19.0. The number of nitrogens with one attached hydrogen (secondary N) is 2. The second-order valence-electron chi connectivity index (χ2n) is 8.99. The fraction of sp³-hybridized carbons (Fsp3) is 0.500. The van der Waals surface area contributed by atoms with Crippen molar-refractivity contribution in [3.05, 3.63) is 23.4 Å². The molecule has 0 unspecified atom stereocenters. The first-order valence-electron chi connectivity index (χ1n) is 10.7. The van der Waals surface area contributed by atoms with E-state index >= 15 is 0 Å². The lowest BCUT2D eigenvalue weighted by Gasteiger charge is -2.21. The number of carbonyl (C=O) groups is 1. The highest BCUT2D eigenvalue weighted by molar-refractivity contribution is 5.89. The highest BCUT2D eigenvalue weighted by Gasteiger charge is 2.24. The summed E-state index contributed by atoms with van der Waals surface area (Å²) in [6.45, 7) is 9.29. The molecule has 0 saturated carbocycles. The van der Waals surface area contributed by atoms with Gasteiger partial charge in [0.1, 0.15) is 11.3 Å². The van der Waals surface area contributed by atoms with Crippen LogP contribution in [0.4, 0.5) is 10.5 Å². The van der Waals surface area contributed by atoms with Crippen molar-refractivity contribution in [2.24, 2.45) is 0 Å². The number of aromatic amines is 1. The maximum Gasteiger partial charge on any atom is 0.412 e. The normalized spacial score (nSPS) is 16.5. The second-order valence-corrected chi connectivity index (χ2v) is 8.99.